The highest BCUT2D eigenvalue weighted by Crippen LogP contribution is 2.50. The number of nitrogens with two attached hydrogens (primary N) is 1. The number of benzene rings is 1. The normalized spacial score (nSPS) is 18.6. The molecular formula is C26H22N6O5S2. The molecule has 2 aliphatic rings. The Balaban J connectivity index is 1.45. The fourth-order valence-corrected chi connectivity index (χ4v) is 6.57. The highest BCUT2D eigenvalue weighted by molar-refractivity contribution is 8.01. The number of allylic oxidation sites excluding steroid dienone is 3. The second-order valence-electron chi connectivity index (χ2n) is 9.86. The minimum Gasteiger partial charge on any atom is -0.468 e. The maximum absolute atomic E-state index is 13.5. The van der Waals surface area contributed by atoms with Gasteiger partial charge in [-0.1, -0.05) is 36.9 Å². The Morgan fingerprint density at radius 2 is 2.05 bits per heavy atom. The van der Waals surface area contributed by atoms with Crippen LogP contribution in [-0.4, -0.2) is 32.4 Å². The molecule has 0 saturated heterocycles. The summed E-state index contributed by atoms with van der Waals surface area (Å²) in [5, 5.41) is 29.8. The van der Waals surface area contributed by atoms with Crippen molar-refractivity contribution in [1.29, 1.82) is 5.26 Å². The third kappa shape index (κ3) is 4.96. The van der Waals surface area contributed by atoms with Crippen molar-refractivity contribution in [2.75, 3.05) is 10.7 Å². The second kappa shape index (κ2) is 10.1. The summed E-state index contributed by atoms with van der Waals surface area (Å²) >= 11 is 2.36. The van der Waals surface area contributed by atoms with Crippen molar-refractivity contribution in [2.24, 2.45) is 11.1 Å². The lowest BCUT2D eigenvalue weighted by molar-refractivity contribution is -0.384. The molecule has 2 N–H and O–H groups in total. The number of carbonyl (C=O) groups is 2. The lowest BCUT2D eigenvalue weighted by atomic mass is 9.69. The number of nitrogens with zero attached hydrogens (tertiary/aromatic N) is 5. The van der Waals surface area contributed by atoms with Crippen LogP contribution >= 0.6 is 23.1 Å². The zero-order valence-electron chi connectivity index (χ0n) is 20.9. The lowest BCUT2D eigenvalue weighted by Gasteiger charge is -2.42. The number of hydrogen-bond acceptors (Lipinski definition) is 12. The van der Waals surface area contributed by atoms with E-state index in [9.17, 15) is 25.0 Å². The van der Waals surface area contributed by atoms with Crippen molar-refractivity contribution in [3.63, 3.8) is 0 Å². The minimum absolute atomic E-state index is 0.0429. The number of aromatic nitrogens is 2. The van der Waals surface area contributed by atoms with Gasteiger partial charge in [-0.25, -0.2) is 0 Å². The highest BCUT2D eigenvalue weighted by atomic mass is 32.2. The van der Waals surface area contributed by atoms with Gasteiger partial charge in [-0.15, -0.1) is 10.2 Å². The van der Waals surface area contributed by atoms with Crippen LogP contribution in [0.2, 0.25) is 0 Å². The van der Waals surface area contributed by atoms with Gasteiger partial charge in [0.2, 0.25) is 5.13 Å². The van der Waals surface area contributed by atoms with E-state index in [1.165, 1.54) is 53.6 Å². The molecule has 13 heteroatoms. The molecule has 1 aliphatic carbocycles. The van der Waals surface area contributed by atoms with Crippen molar-refractivity contribution < 1.29 is 18.9 Å². The predicted octanol–water partition coefficient (Wildman–Crippen LogP) is 4.96. The van der Waals surface area contributed by atoms with E-state index in [1.807, 2.05) is 13.8 Å². The number of Topliss-reactive ketones (excluding diaryl/α,β-unsaturated/α-hetero) is 2. The quantitative estimate of drug-likeness (QED) is 0.179. The Bertz CT molecular complexity index is 1580. The molecule has 0 radical (unpaired) electrons. The third-order valence-corrected chi connectivity index (χ3v) is 8.56. The number of thioether (sulfide) groups is 1. The van der Waals surface area contributed by atoms with Gasteiger partial charge in [0.25, 0.3) is 5.69 Å². The Hall–Kier alpha value is -4.28. The molecule has 3 aromatic rings. The molecule has 0 saturated carbocycles. The fourth-order valence-electron chi connectivity index (χ4n) is 4.80. The number of nitro groups is 1. The molecule has 5 rings (SSSR count). The molecule has 1 atom stereocenters. The molecule has 3 heterocycles. The highest BCUT2D eigenvalue weighted by Gasteiger charge is 2.46. The van der Waals surface area contributed by atoms with Crippen molar-refractivity contribution in [3.8, 4) is 6.07 Å². The molecule has 0 spiro atoms. The predicted molar refractivity (Wildman–Crippen MR) is 144 cm³/mol. The Morgan fingerprint density at radius 1 is 1.31 bits per heavy atom. The smallest absolute Gasteiger partial charge is 0.269 e. The van der Waals surface area contributed by atoms with Crippen LogP contribution in [0.1, 0.15) is 48.7 Å². The molecule has 0 fully saturated rings. The van der Waals surface area contributed by atoms with Crippen molar-refractivity contribution >= 4 is 45.5 Å². The molecule has 0 amide bonds. The first-order chi connectivity index (χ1) is 18.6. The van der Waals surface area contributed by atoms with E-state index >= 15 is 0 Å². The van der Waals surface area contributed by atoms with Gasteiger partial charge in [0, 0.05) is 35.4 Å². The fraction of sp³-hybridized carbons (Fsp3) is 0.269. The molecule has 11 nitrogen and oxygen atoms in total. The average Bonchev–Trinajstić information content (AvgIpc) is 3.58. The van der Waals surface area contributed by atoms with E-state index in [0.717, 1.165) is 0 Å². The van der Waals surface area contributed by atoms with Crippen LogP contribution in [0.4, 0.5) is 10.8 Å². The Labute approximate surface area is 231 Å². The molecule has 1 aromatic carbocycles. The first-order valence-corrected chi connectivity index (χ1v) is 13.6. The van der Waals surface area contributed by atoms with Gasteiger partial charge in [0.1, 0.15) is 11.6 Å². The van der Waals surface area contributed by atoms with E-state index in [2.05, 4.69) is 16.3 Å². The summed E-state index contributed by atoms with van der Waals surface area (Å²) in [4.78, 5) is 38.0. The molecule has 0 bridgehead atoms. The number of hydrogen-bond donors (Lipinski definition) is 1. The van der Waals surface area contributed by atoms with Crippen LogP contribution in [0.25, 0.3) is 0 Å². The summed E-state index contributed by atoms with van der Waals surface area (Å²) in [5.41, 5.74) is 7.80. The summed E-state index contributed by atoms with van der Waals surface area (Å²) in [6, 6.07) is 11.0. The number of anilines is 1. The van der Waals surface area contributed by atoms with E-state index < -0.39 is 10.8 Å². The van der Waals surface area contributed by atoms with Gasteiger partial charge in [-0.2, -0.15) is 5.26 Å². The Kier molecular flexibility index (Phi) is 6.83. The minimum atomic E-state index is -0.707. The zero-order chi connectivity index (χ0) is 27.9. The topological polar surface area (TPSA) is 169 Å². The van der Waals surface area contributed by atoms with E-state index in [0.29, 0.717) is 44.9 Å². The number of non-ortho nitro benzene ring substituents is 1. The number of ketones is 2. The number of nitro benzene ring substituents is 1. The second-order valence-corrected chi connectivity index (χ2v) is 12.0. The van der Waals surface area contributed by atoms with Crippen LogP contribution in [0.5, 0.6) is 0 Å². The maximum Gasteiger partial charge on any atom is 0.269 e. The van der Waals surface area contributed by atoms with Crippen LogP contribution < -0.4 is 10.6 Å². The van der Waals surface area contributed by atoms with Crippen LogP contribution in [-0.2, 0) is 4.79 Å². The molecule has 1 aliphatic heterocycles. The van der Waals surface area contributed by atoms with Crippen molar-refractivity contribution in [3.05, 3.63) is 86.8 Å². The summed E-state index contributed by atoms with van der Waals surface area (Å²) in [5.74, 6) is -0.351. The third-order valence-electron chi connectivity index (χ3n) is 6.52. The molecule has 198 valence electrons. The van der Waals surface area contributed by atoms with Crippen LogP contribution in [0, 0.1) is 26.9 Å². The molecule has 39 heavy (non-hydrogen) atoms. The number of nitriles is 1. The van der Waals surface area contributed by atoms with Crippen molar-refractivity contribution in [2.45, 2.75) is 36.9 Å². The van der Waals surface area contributed by atoms with Gasteiger partial charge < -0.3 is 10.2 Å². The van der Waals surface area contributed by atoms with Crippen molar-refractivity contribution in [1.82, 2.24) is 10.2 Å². The number of carbonyl (C=O) groups excluding carboxylic acids is 2. The Morgan fingerprint density at radius 3 is 2.69 bits per heavy atom. The van der Waals surface area contributed by atoms with Crippen LogP contribution in [0.15, 0.2) is 74.1 Å². The monoisotopic (exact) mass is 562 g/mol. The number of furan rings is 1. The molecule has 1 unspecified atom stereocenters. The average molecular weight is 563 g/mol. The largest absolute Gasteiger partial charge is 0.468 e. The maximum atomic E-state index is 13.5. The standard InChI is InChI=1S/C26H22N6O5S2/c1-26(2)10-17-22(18(33)11-26)21(20-4-3-9-37-20)16(12-27)23(28)31(17)24-29-30-25(39-24)38-13-19(34)14-5-7-15(8-6-14)32(35)36/h3-9,21H,10-11,13,28H2,1-2H3. The van der Waals surface area contributed by atoms with Gasteiger partial charge in [0.05, 0.1) is 34.5 Å². The van der Waals surface area contributed by atoms with E-state index in [-0.39, 0.29) is 39.8 Å². The summed E-state index contributed by atoms with van der Waals surface area (Å²) in [6.45, 7) is 4.00. The van der Waals surface area contributed by atoms with Gasteiger partial charge >= 0.3 is 0 Å². The summed E-state index contributed by atoms with van der Waals surface area (Å²) in [6.07, 6.45) is 2.33. The molecule has 2 aromatic heterocycles. The number of rotatable bonds is 7. The van der Waals surface area contributed by atoms with E-state index in [4.69, 9.17) is 10.2 Å². The van der Waals surface area contributed by atoms with E-state index in [1.54, 1.807) is 17.0 Å². The molecular weight excluding hydrogens is 540 g/mol. The van der Waals surface area contributed by atoms with Gasteiger partial charge in [-0.3, -0.25) is 24.6 Å². The first kappa shape index (κ1) is 26.3. The lowest BCUT2D eigenvalue weighted by Crippen LogP contribution is -2.42. The zero-order valence-corrected chi connectivity index (χ0v) is 22.5. The van der Waals surface area contributed by atoms with Gasteiger partial charge in [0.15, 0.2) is 15.9 Å². The summed E-state index contributed by atoms with van der Waals surface area (Å²) < 4.78 is 6.11. The van der Waals surface area contributed by atoms with Crippen LogP contribution in [0.3, 0.4) is 0 Å². The first-order valence-electron chi connectivity index (χ1n) is 11.8. The summed E-state index contributed by atoms with van der Waals surface area (Å²) in [7, 11) is 0. The van der Waals surface area contributed by atoms with Gasteiger partial charge in [-0.05, 0) is 36.1 Å². The SMILES string of the molecule is CC1(C)CC(=O)C2=C(C1)N(c1nnc(SCC(=O)c3ccc([N+](=O)[O-])cc3)s1)C(N)=C(C#N)C2c1ccco1.